The SMILES string of the molecule is CO[C@H]1C[C@@H]2CC[C@@H](C)[C@@](C)(O2)C(=O)C(O)(O)N2CCCC[C@H]2C(=O)O[C@H]([C@H](C)C[C@@H]2CC[C@@H](OCCO)[C@H](OC)C2)CC(=O)[C@H](C)/C=C(\C)[C@@H](O)[C@@H](OC)C(=O)[C@H](C)C[C@H](C)/C=C/C=C/C=C/1C. The van der Waals surface area contributed by atoms with E-state index in [1.54, 1.807) is 41.1 Å². The van der Waals surface area contributed by atoms with E-state index in [9.17, 15) is 39.6 Å². The first kappa shape index (κ1) is 58.6. The molecule has 3 fully saturated rings. The summed E-state index contributed by atoms with van der Waals surface area (Å²) < 4.78 is 36.1. The zero-order valence-electron chi connectivity index (χ0n) is 43.5. The summed E-state index contributed by atoms with van der Waals surface area (Å²) in [6, 6.07) is -1.22. The van der Waals surface area contributed by atoms with Crippen LogP contribution >= 0.6 is 0 Å². The number of aliphatic hydroxyl groups excluding tert-OH is 2. The number of ketones is 3. The van der Waals surface area contributed by atoms with Crippen LogP contribution in [0.2, 0.25) is 0 Å². The van der Waals surface area contributed by atoms with Crippen molar-refractivity contribution >= 4 is 23.3 Å². The zero-order chi connectivity index (χ0) is 51.2. The van der Waals surface area contributed by atoms with E-state index in [4.69, 9.17) is 28.4 Å². The number of cyclic esters (lactones) is 1. The Hall–Kier alpha value is -2.96. The fraction of sp³-hybridized carbons (Fsp3) is 0.778. The number of ether oxygens (including phenoxy) is 6. The van der Waals surface area contributed by atoms with E-state index < -0.39 is 65.6 Å². The molecule has 2 saturated heterocycles. The van der Waals surface area contributed by atoms with Gasteiger partial charge in [-0.3, -0.25) is 19.2 Å². The van der Waals surface area contributed by atoms with Gasteiger partial charge in [0.1, 0.15) is 35.7 Å². The minimum atomic E-state index is -3.09. The Morgan fingerprint density at radius 3 is 2.25 bits per heavy atom. The van der Waals surface area contributed by atoms with E-state index >= 15 is 0 Å². The van der Waals surface area contributed by atoms with Crippen LogP contribution in [0.1, 0.15) is 132 Å². The van der Waals surface area contributed by atoms with Crippen LogP contribution in [0, 0.1) is 35.5 Å². The summed E-state index contributed by atoms with van der Waals surface area (Å²) in [4.78, 5) is 58.4. The Balaban J connectivity index is 1.72. The number of allylic oxidation sites excluding steroid dienone is 6. The molecule has 4 rings (SSSR count). The van der Waals surface area contributed by atoms with Gasteiger partial charge in [0.15, 0.2) is 5.78 Å². The van der Waals surface area contributed by atoms with Gasteiger partial charge < -0.3 is 48.8 Å². The molecule has 15 heteroatoms. The van der Waals surface area contributed by atoms with Gasteiger partial charge in [-0.1, -0.05) is 77.5 Å². The Labute approximate surface area is 412 Å². The van der Waals surface area contributed by atoms with E-state index in [-0.39, 0.29) is 86.2 Å². The minimum absolute atomic E-state index is 0.0239. The van der Waals surface area contributed by atoms with Crippen molar-refractivity contribution in [3.63, 3.8) is 0 Å². The second-order valence-electron chi connectivity index (χ2n) is 20.9. The van der Waals surface area contributed by atoms with Crippen LogP contribution in [0.5, 0.6) is 0 Å². The molecule has 69 heavy (non-hydrogen) atoms. The van der Waals surface area contributed by atoms with Crippen LogP contribution in [0.15, 0.2) is 47.6 Å². The fourth-order valence-electron chi connectivity index (χ4n) is 11.0. The molecule has 0 aromatic heterocycles. The molecule has 0 radical (unpaired) electrons. The highest BCUT2D eigenvalue weighted by Crippen LogP contribution is 2.41. The lowest BCUT2D eigenvalue weighted by Gasteiger charge is -2.48. The molecule has 4 N–H and O–H groups in total. The average Bonchev–Trinajstić information content (AvgIpc) is 3.32. The van der Waals surface area contributed by atoms with Crippen molar-refractivity contribution in [3.05, 3.63) is 47.6 Å². The third-order valence-corrected chi connectivity index (χ3v) is 15.6. The molecule has 0 spiro atoms. The van der Waals surface area contributed by atoms with E-state index in [0.29, 0.717) is 63.4 Å². The van der Waals surface area contributed by atoms with Crippen LogP contribution in [-0.4, -0.2) is 150 Å². The predicted octanol–water partition coefficient (Wildman–Crippen LogP) is 6.38. The summed E-state index contributed by atoms with van der Waals surface area (Å²) in [5, 5.41) is 44.9. The number of hydrogen-bond acceptors (Lipinski definition) is 15. The second kappa shape index (κ2) is 27.2. The van der Waals surface area contributed by atoms with Crippen molar-refractivity contribution < 1.29 is 68.0 Å². The van der Waals surface area contributed by atoms with Crippen LogP contribution in [0.4, 0.5) is 0 Å². The number of methoxy groups -OCH3 is 3. The third-order valence-electron chi connectivity index (χ3n) is 15.6. The van der Waals surface area contributed by atoms with Gasteiger partial charge in [0.2, 0.25) is 5.78 Å². The number of hydrogen-bond donors (Lipinski definition) is 4. The van der Waals surface area contributed by atoms with Crippen molar-refractivity contribution in [2.45, 2.75) is 193 Å². The van der Waals surface area contributed by atoms with Crippen molar-refractivity contribution in [3.8, 4) is 0 Å². The lowest BCUT2D eigenvalue weighted by molar-refractivity contribution is -0.281. The maximum Gasteiger partial charge on any atom is 0.323 e. The lowest BCUT2D eigenvalue weighted by atomic mass is 9.77. The van der Waals surface area contributed by atoms with Gasteiger partial charge >= 0.3 is 5.97 Å². The number of piperidine rings is 1. The Morgan fingerprint density at radius 2 is 1.58 bits per heavy atom. The second-order valence-corrected chi connectivity index (χ2v) is 20.9. The van der Waals surface area contributed by atoms with Crippen molar-refractivity contribution in [2.75, 3.05) is 41.1 Å². The molecule has 0 amide bonds. The van der Waals surface area contributed by atoms with E-state index in [1.807, 2.05) is 65.0 Å². The average molecular weight is 974 g/mol. The number of aliphatic hydroxyl groups is 4. The van der Waals surface area contributed by atoms with Gasteiger partial charge in [-0.2, -0.15) is 0 Å². The minimum Gasteiger partial charge on any atom is -0.460 e. The zero-order valence-corrected chi connectivity index (χ0v) is 43.5. The quantitative estimate of drug-likeness (QED) is 0.112. The smallest absolute Gasteiger partial charge is 0.323 e. The first-order valence-corrected chi connectivity index (χ1v) is 25.5. The van der Waals surface area contributed by atoms with Crippen LogP contribution < -0.4 is 0 Å². The molecule has 3 aliphatic heterocycles. The number of carbonyl (C=O) groups is 4. The van der Waals surface area contributed by atoms with Gasteiger partial charge in [0, 0.05) is 52.6 Å². The highest BCUT2D eigenvalue weighted by Gasteiger charge is 2.58. The van der Waals surface area contributed by atoms with Gasteiger partial charge in [-0.25, -0.2) is 4.90 Å². The molecule has 3 heterocycles. The maximum atomic E-state index is 14.7. The molecule has 2 bridgehead atoms. The molecular formula is C54H87NO14. The summed E-state index contributed by atoms with van der Waals surface area (Å²) in [5.74, 6) is -7.12. The highest BCUT2D eigenvalue weighted by atomic mass is 16.6. The molecule has 1 saturated carbocycles. The fourth-order valence-corrected chi connectivity index (χ4v) is 11.0. The molecule has 4 aliphatic rings. The number of esters is 1. The normalized spacial score (nSPS) is 39.8. The molecule has 15 nitrogen and oxygen atoms in total. The van der Waals surface area contributed by atoms with Gasteiger partial charge in [-0.15, -0.1) is 0 Å². The maximum absolute atomic E-state index is 14.7. The monoisotopic (exact) mass is 974 g/mol. The molecule has 15 atom stereocenters. The topological polar surface area (TPSA) is 208 Å². The molecule has 0 unspecified atom stereocenters. The summed E-state index contributed by atoms with van der Waals surface area (Å²) in [5.41, 5.74) is -0.309. The predicted molar refractivity (Wildman–Crippen MR) is 262 cm³/mol. The molecule has 1 aliphatic carbocycles. The Kier molecular flexibility index (Phi) is 23.1. The number of carbonyl (C=O) groups excluding carboxylic acids is 4. The van der Waals surface area contributed by atoms with Crippen LogP contribution in [-0.2, 0) is 47.6 Å². The number of fused-ring (bicyclic) bond motifs is 3. The van der Waals surface area contributed by atoms with Gasteiger partial charge in [0.25, 0.3) is 5.91 Å². The number of rotatable bonds is 9. The van der Waals surface area contributed by atoms with Crippen molar-refractivity contribution in [1.82, 2.24) is 4.90 Å². The first-order valence-electron chi connectivity index (χ1n) is 25.5. The van der Waals surface area contributed by atoms with Gasteiger partial charge in [-0.05, 0) is 113 Å². The molecule has 0 aromatic rings. The summed E-state index contributed by atoms with van der Waals surface area (Å²) >= 11 is 0. The summed E-state index contributed by atoms with van der Waals surface area (Å²) in [6.45, 7) is 14.7. The number of Topliss-reactive ketones (excluding diaryl/α,β-unsaturated/α-hetero) is 3. The standard InChI is InChI=1S/C54H87NO14/c1-33-17-13-12-14-18-34(2)45(64-9)31-41-22-20-39(7)53(8,69-41)52(61)54(62,63)55-24-16-15-19-42(55)51(60)68-46(36(4)29-40-21-23-44(67-26-25-56)47(30-40)65-10)32-43(57)35(3)28-38(6)49(59)50(66-11)48(58)37(5)27-33/h12-14,17-18,28,33,35-37,39-42,44-47,49-50,56,59,62-63H,15-16,19-27,29-32H2,1-11H3/b14-12+,17-13+,34-18+,38-28+/t33-,35-,36-,37-,39-,40+,41+,42+,44-,45+,46+,47-,49-,50+,53-/m1/s1. The number of nitrogens with zero attached hydrogens (tertiary/aromatic N) is 1. The third kappa shape index (κ3) is 15.5. The highest BCUT2D eigenvalue weighted by molar-refractivity contribution is 5.93. The summed E-state index contributed by atoms with van der Waals surface area (Å²) in [7, 11) is 4.63. The lowest BCUT2D eigenvalue weighted by Crippen LogP contribution is -2.68. The molecule has 0 aromatic carbocycles. The van der Waals surface area contributed by atoms with E-state index in [2.05, 4.69) is 0 Å². The largest absolute Gasteiger partial charge is 0.460 e. The van der Waals surface area contributed by atoms with E-state index in [0.717, 1.165) is 16.9 Å². The first-order chi connectivity index (χ1) is 32.6. The van der Waals surface area contributed by atoms with Crippen LogP contribution in [0.3, 0.4) is 0 Å². The van der Waals surface area contributed by atoms with E-state index in [1.165, 1.54) is 7.11 Å². The van der Waals surface area contributed by atoms with Crippen LogP contribution in [0.25, 0.3) is 0 Å². The van der Waals surface area contributed by atoms with Crippen molar-refractivity contribution in [2.24, 2.45) is 35.5 Å². The molecule has 392 valence electrons. The van der Waals surface area contributed by atoms with Crippen molar-refractivity contribution in [1.29, 1.82) is 0 Å². The summed E-state index contributed by atoms with van der Waals surface area (Å²) in [6.07, 6.45) is 12.6. The Bertz CT molecular complexity index is 1810. The molecular weight excluding hydrogens is 887 g/mol. The van der Waals surface area contributed by atoms with Gasteiger partial charge in [0.05, 0.1) is 37.6 Å². The Morgan fingerprint density at radius 1 is 0.855 bits per heavy atom.